The van der Waals surface area contributed by atoms with Crippen LogP contribution in [0.2, 0.25) is 0 Å². The molecule has 0 fully saturated rings. The average Bonchev–Trinajstić information content (AvgIpc) is 1.57. The second kappa shape index (κ2) is 2.34. The summed E-state index contributed by atoms with van der Waals surface area (Å²) in [6.07, 6.45) is 2.18. The van der Waals surface area contributed by atoms with E-state index in [2.05, 4.69) is 4.18 Å². The molecule has 0 saturated carbocycles. The van der Waals surface area contributed by atoms with Crippen molar-refractivity contribution in [2.24, 2.45) is 0 Å². The number of hydrogen-bond donors (Lipinski definition) is 2. The third-order valence-electron chi connectivity index (χ3n) is 0.511. The van der Waals surface area contributed by atoms with Crippen LogP contribution in [-0.2, 0) is 13.8 Å². The average molecular weight is 156 g/mol. The molecular formula is C4H12O4S. The smallest absolute Gasteiger partial charge is 0.0872 e. The molecule has 0 bridgehead atoms. The van der Waals surface area contributed by atoms with Crippen LogP contribution in [0.5, 0.6) is 0 Å². The van der Waals surface area contributed by atoms with Gasteiger partial charge >= 0.3 is 0 Å². The highest BCUT2D eigenvalue weighted by atomic mass is 32.3. The van der Waals surface area contributed by atoms with Crippen LogP contribution in [0.3, 0.4) is 0 Å². The van der Waals surface area contributed by atoms with Gasteiger partial charge < -0.3 is 9.66 Å². The van der Waals surface area contributed by atoms with E-state index < -0.39 is 9.63 Å². The van der Waals surface area contributed by atoms with Crippen LogP contribution in [0, 0.1) is 0 Å². The third kappa shape index (κ3) is 8.03. The van der Waals surface area contributed by atoms with E-state index in [1.165, 1.54) is 0 Å². The summed E-state index contributed by atoms with van der Waals surface area (Å²) in [7, 11) is -3.82. The molecule has 0 aliphatic rings. The predicted octanol–water partition coefficient (Wildman–Crippen LogP) is -0.537. The Hall–Kier alpha value is 0.0300. The van der Waals surface area contributed by atoms with Gasteiger partial charge in [-0.1, -0.05) is 0 Å². The summed E-state index contributed by atoms with van der Waals surface area (Å²) in [5.41, 5.74) is 0. The van der Waals surface area contributed by atoms with Crippen LogP contribution >= 0.6 is 0 Å². The normalized spacial score (nSPS) is 16.7. The molecule has 0 amide bonds. The Balaban J connectivity index is 3.76. The second-order valence-corrected chi connectivity index (χ2v) is 5.75. The summed E-state index contributed by atoms with van der Waals surface area (Å²) in [6.45, 7) is -0.342. The predicted molar refractivity (Wildman–Crippen MR) is 35.7 cm³/mol. The molecule has 0 aromatic rings. The van der Waals surface area contributed by atoms with Gasteiger partial charge in [0.2, 0.25) is 0 Å². The van der Waals surface area contributed by atoms with Crippen molar-refractivity contribution in [1.82, 2.24) is 0 Å². The SMILES string of the molecule is CS(C)(=O)(O)OCCO. The van der Waals surface area contributed by atoms with E-state index >= 15 is 0 Å². The van der Waals surface area contributed by atoms with Crippen LogP contribution in [0.1, 0.15) is 0 Å². The molecule has 0 aliphatic carbocycles. The minimum atomic E-state index is -3.82. The van der Waals surface area contributed by atoms with E-state index in [0.717, 1.165) is 12.5 Å². The number of rotatable bonds is 3. The van der Waals surface area contributed by atoms with E-state index in [1.54, 1.807) is 0 Å². The molecule has 0 atom stereocenters. The molecule has 5 heteroatoms. The van der Waals surface area contributed by atoms with Gasteiger partial charge in [0.05, 0.1) is 22.8 Å². The molecule has 0 saturated heterocycles. The standard InChI is InChI=1S/C4H12O4S/c1-9(2,6,7)8-4-3-5/h5H,3-4H2,1-2H3,(H,6,7). The van der Waals surface area contributed by atoms with E-state index in [4.69, 9.17) is 9.66 Å². The van der Waals surface area contributed by atoms with Crippen molar-refractivity contribution < 1.29 is 18.1 Å². The highest BCUT2D eigenvalue weighted by Crippen LogP contribution is 2.11. The van der Waals surface area contributed by atoms with Crippen molar-refractivity contribution in [3.05, 3.63) is 0 Å². The highest BCUT2D eigenvalue weighted by Gasteiger charge is 2.18. The van der Waals surface area contributed by atoms with Gasteiger partial charge in [-0.15, -0.1) is 0 Å². The molecule has 0 rings (SSSR count). The number of aliphatic hydroxyl groups is 1. The van der Waals surface area contributed by atoms with Gasteiger partial charge in [-0.25, -0.2) is 4.21 Å². The van der Waals surface area contributed by atoms with Crippen molar-refractivity contribution in [2.75, 3.05) is 25.7 Å². The maximum Gasteiger partial charge on any atom is 0.0872 e. The first-order chi connectivity index (χ1) is 3.81. The number of hydrogen-bond acceptors (Lipinski definition) is 3. The minimum Gasteiger partial charge on any atom is -0.394 e. The molecule has 0 heterocycles. The minimum absolute atomic E-state index is 0.102. The molecule has 4 nitrogen and oxygen atoms in total. The van der Waals surface area contributed by atoms with Gasteiger partial charge in [0.25, 0.3) is 0 Å². The molecule has 2 N–H and O–H groups in total. The Morgan fingerprint density at radius 3 is 2.11 bits per heavy atom. The molecule has 58 valence electrons. The van der Waals surface area contributed by atoms with Crippen molar-refractivity contribution in [3.63, 3.8) is 0 Å². The Bertz CT molecular complexity index is 136. The molecule has 0 aliphatic heterocycles. The summed E-state index contributed by atoms with van der Waals surface area (Å²) in [5.74, 6) is 0. The van der Waals surface area contributed by atoms with Gasteiger partial charge in [-0.3, -0.25) is 4.18 Å². The monoisotopic (exact) mass is 156 g/mol. The molecule has 0 aromatic carbocycles. The molecule has 0 radical (unpaired) electrons. The van der Waals surface area contributed by atoms with Crippen molar-refractivity contribution >= 4 is 9.63 Å². The van der Waals surface area contributed by atoms with Gasteiger partial charge in [-0.2, -0.15) is 0 Å². The van der Waals surface area contributed by atoms with Crippen molar-refractivity contribution in [3.8, 4) is 0 Å². The van der Waals surface area contributed by atoms with Crippen LogP contribution in [0.25, 0.3) is 0 Å². The lowest BCUT2D eigenvalue weighted by atomic mass is 10.8. The molecule has 0 spiro atoms. The fourth-order valence-electron chi connectivity index (χ4n) is 0.275. The zero-order chi connectivity index (χ0) is 7.57. The summed E-state index contributed by atoms with van der Waals surface area (Å²) < 4.78 is 24.0. The van der Waals surface area contributed by atoms with E-state index in [0.29, 0.717) is 0 Å². The summed E-state index contributed by atoms with van der Waals surface area (Å²) in [5, 5.41) is 8.19. The van der Waals surface area contributed by atoms with E-state index in [1.807, 2.05) is 0 Å². The van der Waals surface area contributed by atoms with Crippen molar-refractivity contribution in [1.29, 1.82) is 0 Å². The second-order valence-electron chi connectivity index (χ2n) is 2.20. The Kier molecular flexibility index (Phi) is 2.35. The first-order valence-electron chi connectivity index (χ1n) is 2.44. The zero-order valence-electron chi connectivity index (χ0n) is 5.53. The summed E-state index contributed by atoms with van der Waals surface area (Å²) in [6, 6.07) is 0. The van der Waals surface area contributed by atoms with E-state index in [9.17, 15) is 4.21 Å². The molecule has 0 unspecified atom stereocenters. The Morgan fingerprint density at radius 2 is 2.00 bits per heavy atom. The Labute approximate surface area is 54.3 Å². The first-order valence-corrected chi connectivity index (χ1v) is 5.10. The Morgan fingerprint density at radius 1 is 1.56 bits per heavy atom. The third-order valence-corrected chi connectivity index (χ3v) is 1.35. The lowest BCUT2D eigenvalue weighted by Crippen LogP contribution is -2.32. The first kappa shape index (κ1) is 9.03. The van der Waals surface area contributed by atoms with E-state index in [-0.39, 0.29) is 13.2 Å². The van der Waals surface area contributed by atoms with Gasteiger partial charge in [0, 0.05) is 12.5 Å². The summed E-state index contributed by atoms with van der Waals surface area (Å²) >= 11 is 0. The largest absolute Gasteiger partial charge is 0.394 e. The van der Waals surface area contributed by atoms with Gasteiger partial charge in [-0.05, 0) is 0 Å². The molecular weight excluding hydrogens is 144 g/mol. The topological polar surface area (TPSA) is 66.8 Å². The molecule has 0 aromatic heterocycles. The quantitative estimate of drug-likeness (QED) is 0.576. The van der Waals surface area contributed by atoms with Crippen LogP contribution in [-0.4, -0.2) is 39.6 Å². The lowest BCUT2D eigenvalue weighted by Gasteiger charge is -2.26. The fourth-order valence-corrected chi connectivity index (χ4v) is 0.826. The van der Waals surface area contributed by atoms with Gasteiger partial charge in [0.1, 0.15) is 0 Å². The summed E-state index contributed by atoms with van der Waals surface area (Å²) in [4.78, 5) is 0. The van der Waals surface area contributed by atoms with Crippen LogP contribution < -0.4 is 0 Å². The maximum atomic E-state index is 10.8. The highest BCUT2D eigenvalue weighted by molar-refractivity contribution is 8.09. The van der Waals surface area contributed by atoms with Crippen molar-refractivity contribution in [2.45, 2.75) is 0 Å². The molecule has 9 heavy (non-hydrogen) atoms. The lowest BCUT2D eigenvalue weighted by molar-refractivity contribution is 0.190. The number of aliphatic hydroxyl groups excluding tert-OH is 1. The zero-order valence-corrected chi connectivity index (χ0v) is 6.35. The van der Waals surface area contributed by atoms with Gasteiger partial charge in [0.15, 0.2) is 0 Å². The van der Waals surface area contributed by atoms with Crippen LogP contribution in [0.15, 0.2) is 0 Å². The van der Waals surface area contributed by atoms with Crippen LogP contribution in [0.4, 0.5) is 0 Å². The maximum absolute atomic E-state index is 10.8. The fraction of sp³-hybridized carbons (Fsp3) is 1.00.